The van der Waals surface area contributed by atoms with Crippen molar-refractivity contribution in [3.05, 3.63) is 64.7 Å². The highest BCUT2D eigenvalue weighted by Gasteiger charge is 2.16. The number of hydrogen-bond acceptors (Lipinski definition) is 2. The Balaban J connectivity index is 2.17. The zero-order valence-electron chi connectivity index (χ0n) is 11.9. The van der Waals surface area contributed by atoms with Gasteiger partial charge in [0, 0.05) is 11.3 Å². The van der Waals surface area contributed by atoms with Gasteiger partial charge in [0.2, 0.25) is 0 Å². The minimum Gasteiger partial charge on any atom is -0.319 e. The van der Waals surface area contributed by atoms with E-state index >= 15 is 0 Å². The number of benzene rings is 2. The van der Waals surface area contributed by atoms with Gasteiger partial charge in [-0.1, -0.05) is 42.0 Å². The molecule has 0 unspecified atom stereocenters. The van der Waals surface area contributed by atoms with Gasteiger partial charge in [0.15, 0.2) is 0 Å². The van der Waals surface area contributed by atoms with Crippen molar-refractivity contribution < 1.29 is 9.59 Å². The van der Waals surface area contributed by atoms with Crippen LogP contribution in [0.15, 0.2) is 42.5 Å². The maximum atomic E-state index is 12.0. The molecular formula is C17H17NO2. The normalized spacial score (nSPS) is 10.2. The molecule has 2 rings (SSSR count). The molecule has 20 heavy (non-hydrogen) atoms. The molecule has 0 atom stereocenters. The van der Waals surface area contributed by atoms with E-state index < -0.39 is 11.7 Å². The Morgan fingerprint density at radius 1 is 0.850 bits per heavy atom. The molecule has 0 saturated heterocycles. The number of rotatable bonds is 3. The number of Topliss-reactive ketones (excluding diaryl/α,β-unsaturated/α-hetero) is 1. The number of amides is 1. The molecule has 102 valence electrons. The van der Waals surface area contributed by atoms with Gasteiger partial charge in [-0.05, 0) is 38.0 Å². The number of carbonyl (C=O) groups is 2. The Kier molecular flexibility index (Phi) is 3.99. The van der Waals surface area contributed by atoms with Gasteiger partial charge in [-0.2, -0.15) is 0 Å². The monoisotopic (exact) mass is 267 g/mol. The topological polar surface area (TPSA) is 46.2 Å². The molecule has 0 radical (unpaired) electrons. The second-order valence-electron chi connectivity index (χ2n) is 4.97. The molecule has 3 heteroatoms. The third kappa shape index (κ3) is 3.12. The van der Waals surface area contributed by atoms with Crippen molar-refractivity contribution >= 4 is 17.4 Å². The van der Waals surface area contributed by atoms with Crippen LogP contribution in [-0.4, -0.2) is 11.7 Å². The summed E-state index contributed by atoms with van der Waals surface area (Å²) in [7, 11) is 0. The first-order valence-electron chi connectivity index (χ1n) is 6.47. The number of aryl methyl sites for hydroxylation is 3. The number of carbonyl (C=O) groups excluding carboxylic acids is 2. The van der Waals surface area contributed by atoms with Gasteiger partial charge in [-0.15, -0.1) is 0 Å². The van der Waals surface area contributed by atoms with E-state index in [1.54, 1.807) is 12.1 Å². The van der Waals surface area contributed by atoms with Crippen LogP contribution in [0.5, 0.6) is 0 Å². The Labute approximate surface area is 118 Å². The quantitative estimate of drug-likeness (QED) is 0.684. The average molecular weight is 267 g/mol. The van der Waals surface area contributed by atoms with Crippen molar-refractivity contribution in [3.63, 3.8) is 0 Å². The highest BCUT2D eigenvalue weighted by Crippen LogP contribution is 2.16. The lowest BCUT2D eigenvalue weighted by Crippen LogP contribution is -2.23. The van der Waals surface area contributed by atoms with E-state index in [0.29, 0.717) is 11.3 Å². The van der Waals surface area contributed by atoms with Gasteiger partial charge in [0.25, 0.3) is 11.7 Å². The Morgan fingerprint density at radius 3 is 2.10 bits per heavy atom. The van der Waals surface area contributed by atoms with Gasteiger partial charge in [0.05, 0.1) is 0 Å². The molecule has 0 fully saturated rings. The van der Waals surface area contributed by atoms with Crippen LogP contribution in [0.4, 0.5) is 5.69 Å². The number of nitrogens with one attached hydrogen (secondary N) is 1. The van der Waals surface area contributed by atoms with Crippen LogP contribution in [-0.2, 0) is 4.79 Å². The smallest absolute Gasteiger partial charge is 0.296 e. The summed E-state index contributed by atoms with van der Waals surface area (Å²) >= 11 is 0. The summed E-state index contributed by atoms with van der Waals surface area (Å²) in [6, 6.07) is 12.7. The largest absolute Gasteiger partial charge is 0.319 e. The molecule has 0 bridgehead atoms. The van der Waals surface area contributed by atoms with Gasteiger partial charge >= 0.3 is 0 Å². The lowest BCUT2D eigenvalue weighted by molar-refractivity contribution is -0.112. The minimum absolute atomic E-state index is 0.401. The summed E-state index contributed by atoms with van der Waals surface area (Å²) in [5.41, 5.74) is 4.10. The molecule has 0 spiro atoms. The SMILES string of the molecule is Cc1ccc(C(=O)C(=O)Nc2cc(C)ccc2C)cc1. The van der Waals surface area contributed by atoms with Crippen molar-refractivity contribution in [1.29, 1.82) is 0 Å². The molecule has 3 nitrogen and oxygen atoms in total. The van der Waals surface area contributed by atoms with E-state index in [4.69, 9.17) is 0 Å². The van der Waals surface area contributed by atoms with Crippen LogP contribution in [0, 0.1) is 20.8 Å². The fraction of sp³-hybridized carbons (Fsp3) is 0.176. The zero-order valence-corrected chi connectivity index (χ0v) is 11.9. The highest BCUT2D eigenvalue weighted by atomic mass is 16.2. The van der Waals surface area contributed by atoms with Gasteiger partial charge in [-0.25, -0.2) is 0 Å². The lowest BCUT2D eigenvalue weighted by Gasteiger charge is -2.08. The summed E-state index contributed by atoms with van der Waals surface area (Å²) in [5.74, 6) is -1.13. The third-order valence-electron chi connectivity index (χ3n) is 3.16. The maximum Gasteiger partial charge on any atom is 0.296 e. The van der Waals surface area contributed by atoms with Crippen molar-refractivity contribution in [2.75, 3.05) is 5.32 Å². The number of ketones is 1. The second-order valence-corrected chi connectivity index (χ2v) is 4.97. The molecule has 0 aliphatic heterocycles. The molecule has 2 aromatic carbocycles. The van der Waals surface area contributed by atoms with Gasteiger partial charge in [0.1, 0.15) is 0 Å². The second kappa shape index (κ2) is 5.70. The molecule has 0 aliphatic carbocycles. The summed E-state index contributed by atoms with van der Waals surface area (Å²) in [5, 5.41) is 2.68. The first-order valence-corrected chi connectivity index (χ1v) is 6.47. The lowest BCUT2D eigenvalue weighted by atomic mass is 10.1. The standard InChI is InChI=1S/C17H17NO2/c1-11-5-8-14(9-6-11)16(19)17(20)18-15-10-12(2)4-7-13(15)3/h4-10H,1-3H3,(H,18,20). The van der Waals surface area contributed by atoms with E-state index in [9.17, 15) is 9.59 Å². The Bertz CT molecular complexity index is 657. The molecule has 0 heterocycles. The fourth-order valence-corrected chi connectivity index (χ4v) is 1.89. The van der Waals surface area contributed by atoms with Crippen LogP contribution < -0.4 is 5.32 Å². The predicted octanol–water partition coefficient (Wildman–Crippen LogP) is 3.43. The zero-order chi connectivity index (χ0) is 14.7. The first kappa shape index (κ1) is 14.0. The van der Waals surface area contributed by atoms with Crippen molar-refractivity contribution in [2.45, 2.75) is 20.8 Å². The van der Waals surface area contributed by atoms with Gasteiger partial charge < -0.3 is 5.32 Å². The molecule has 1 amide bonds. The number of anilines is 1. The van der Waals surface area contributed by atoms with E-state index in [1.807, 2.05) is 51.1 Å². The highest BCUT2D eigenvalue weighted by molar-refractivity contribution is 6.46. The summed E-state index contributed by atoms with van der Waals surface area (Å²) in [4.78, 5) is 24.0. The fourth-order valence-electron chi connectivity index (χ4n) is 1.89. The van der Waals surface area contributed by atoms with Gasteiger partial charge in [-0.3, -0.25) is 9.59 Å². The molecular weight excluding hydrogens is 250 g/mol. The van der Waals surface area contributed by atoms with Crippen molar-refractivity contribution in [3.8, 4) is 0 Å². The average Bonchev–Trinajstić information content (AvgIpc) is 2.43. The maximum absolute atomic E-state index is 12.0. The van der Waals surface area contributed by atoms with Crippen molar-refractivity contribution in [2.24, 2.45) is 0 Å². The van der Waals surface area contributed by atoms with E-state index in [1.165, 1.54) is 0 Å². The van der Waals surface area contributed by atoms with E-state index in [2.05, 4.69) is 5.32 Å². The number of hydrogen-bond donors (Lipinski definition) is 1. The summed E-state index contributed by atoms with van der Waals surface area (Å²) in [6.45, 7) is 5.77. The van der Waals surface area contributed by atoms with Crippen LogP contribution in [0.2, 0.25) is 0 Å². The molecule has 2 aromatic rings. The van der Waals surface area contributed by atoms with Crippen LogP contribution >= 0.6 is 0 Å². The van der Waals surface area contributed by atoms with Crippen LogP contribution in [0.1, 0.15) is 27.0 Å². The summed E-state index contributed by atoms with van der Waals surface area (Å²) in [6.07, 6.45) is 0. The molecule has 0 aliphatic rings. The predicted molar refractivity (Wildman–Crippen MR) is 80.1 cm³/mol. The first-order chi connectivity index (χ1) is 9.47. The molecule has 0 saturated carbocycles. The minimum atomic E-state index is -0.609. The molecule has 0 aromatic heterocycles. The summed E-state index contributed by atoms with van der Waals surface area (Å²) < 4.78 is 0. The molecule has 1 N–H and O–H groups in total. The van der Waals surface area contributed by atoms with Crippen molar-refractivity contribution in [1.82, 2.24) is 0 Å². The Hall–Kier alpha value is -2.42. The Morgan fingerprint density at radius 2 is 1.45 bits per heavy atom. The third-order valence-corrected chi connectivity index (χ3v) is 3.16. The van der Waals surface area contributed by atoms with E-state index in [-0.39, 0.29) is 0 Å². The van der Waals surface area contributed by atoms with Crippen LogP contribution in [0.3, 0.4) is 0 Å². The van der Waals surface area contributed by atoms with Crippen LogP contribution in [0.25, 0.3) is 0 Å². The van der Waals surface area contributed by atoms with E-state index in [0.717, 1.165) is 16.7 Å².